The lowest BCUT2D eigenvalue weighted by atomic mass is 10.0. The van der Waals surface area contributed by atoms with Crippen molar-refractivity contribution in [1.29, 1.82) is 0 Å². The minimum absolute atomic E-state index is 0.0205. The van der Waals surface area contributed by atoms with Gasteiger partial charge in [0.15, 0.2) is 0 Å². The van der Waals surface area contributed by atoms with Crippen molar-refractivity contribution in [3.63, 3.8) is 0 Å². The van der Waals surface area contributed by atoms with Crippen LogP contribution in [0, 0.1) is 0 Å². The zero-order valence-electron chi connectivity index (χ0n) is 15.6. The van der Waals surface area contributed by atoms with E-state index in [4.69, 9.17) is 16.4 Å². The molecule has 152 valence electrons. The molecule has 2 aliphatic heterocycles. The third-order valence-corrected chi connectivity index (χ3v) is 6.25. The molecule has 4 rings (SSSR count). The fraction of sp³-hybridized carbons (Fsp3) is 0.350. The van der Waals surface area contributed by atoms with Crippen LogP contribution in [-0.2, 0) is 9.63 Å². The number of carbonyl (C=O) groups excluding carboxylic acids is 2. The number of benzene rings is 1. The summed E-state index contributed by atoms with van der Waals surface area (Å²) < 4.78 is 0.679. The fourth-order valence-corrected chi connectivity index (χ4v) is 4.41. The summed E-state index contributed by atoms with van der Waals surface area (Å²) in [6.45, 7) is 1.18. The number of rotatable bonds is 4. The minimum Gasteiger partial charge on any atom is -0.382 e. The highest BCUT2D eigenvalue weighted by Gasteiger charge is 2.32. The number of nitrogens with one attached hydrogen (secondary N) is 2. The van der Waals surface area contributed by atoms with E-state index in [2.05, 4.69) is 15.8 Å². The summed E-state index contributed by atoms with van der Waals surface area (Å²) >= 11 is 7.37. The van der Waals surface area contributed by atoms with Crippen LogP contribution >= 0.6 is 22.9 Å². The molecule has 2 aliphatic rings. The molecule has 1 aromatic heterocycles. The first-order chi connectivity index (χ1) is 14.1. The summed E-state index contributed by atoms with van der Waals surface area (Å²) in [5.74, 6) is -0.168. The first kappa shape index (κ1) is 19.7. The molecule has 9 heteroatoms. The molecule has 29 heavy (non-hydrogen) atoms. The van der Waals surface area contributed by atoms with E-state index >= 15 is 0 Å². The van der Waals surface area contributed by atoms with Crippen LogP contribution in [0.15, 0.2) is 47.6 Å². The number of likely N-dealkylation sites (tertiary alicyclic amines) is 1. The quantitative estimate of drug-likeness (QED) is 0.772. The summed E-state index contributed by atoms with van der Waals surface area (Å²) in [6.07, 6.45) is 1.22. The van der Waals surface area contributed by atoms with E-state index in [-0.39, 0.29) is 18.0 Å². The van der Waals surface area contributed by atoms with Crippen LogP contribution in [0.25, 0.3) is 0 Å². The number of anilines is 1. The minimum atomic E-state index is -0.620. The Morgan fingerprint density at radius 3 is 2.59 bits per heavy atom. The lowest BCUT2D eigenvalue weighted by molar-refractivity contribution is -0.132. The number of hydrogen-bond donors (Lipinski definition) is 2. The van der Waals surface area contributed by atoms with Crippen molar-refractivity contribution in [2.24, 2.45) is 5.16 Å². The Bertz CT molecular complexity index is 909. The Labute approximate surface area is 177 Å². The normalized spacial score (nSPS) is 19.4. The number of nitrogens with zero attached hydrogens (tertiary/aromatic N) is 2. The van der Waals surface area contributed by atoms with Gasteiger partial charge in [0, 0.05) is 31.2 Å². The second kappa shape index (κ2) is 8.84. The molecule has 0 aliphatic carbocycles. The highest BCUT2D eigenvalue weighted by Crippen LogP contribution is 2.26. The monoisotopic (exact) mass is 432 g/mol. The van der Waals surface area contributed by atoms with E-state index < -0.39 is 6.10 Å². The van der Waals surface area contributed by atoms with Gasteiger partial charge in [-0.15, -0.1) is 11.3 Å². The summed E-state index contributed by atoms with van der Waals surface area (Å²) in [5, 5.41) is 9.96. The number of thiophene rings is 1. The van der Waals surface area contributed by atoms with E-state index in [0.717, 1.165) is 16.3 Å². The number of oxime groups is 1. The maximum absolute atomic E-state index is 12.5. The predicted octanol–water partition coefficient (Wildman–Crippen LogP) is 3.71. The van der Waals surface area contributed by atoms with Crippen molar-refractivity contribution in [3.05, 3.63) is 51.7 Å². The third kappa shape index (κ3) is 4.89. The molecular weight excluding hydrogens is 412 g/mol. The van der Waals surface area contributed by atoms with Gasteiger partial charge in [-0.3, -0.25) is 4.79 Å². The topological polar surface area (TPSA) is 83.0 Å². The van der Waals surface area contributed by atoms with Crippen LogP contribution in [0.3, 0.4) is 0 Å². The highest BCUT2D eigenvalue weighted by atomic mass is 35.5. The Morgan fingerprint density at radius 2 is 1.90 bits per heavy atom. The molecule has 1 unspecified atom stereocenters. The number of hydrogen-bond acceptors (Lipinski definition) is 5. The number of amides is 3. The van der Waals surface area contributed by atoms with Gasteiger partial charge in [-0.25, -0.2) is 4.79 Å². The van der Waals surface area contributed by atoms with Gasteiger partial charge in [0.1, 0.15) is 5.71 Å². The molecule has 1 aromatic carbocycles. The van der Waals surface area contributed by atoms with Crippen LogP contribution < -0.4 is 10.6 Å². The zero-order chi connectivity index (χ0) is 20.2. The molecule has 3 heterocycles. The van der Waals surface area contributed by atoms with Crippen molar-refractivity contribution < 1.29 is 14.4 Å². The van der Waals surface area contributed by atoms with Gasteiger partial charge < -0.3 is 20.4 Å². The van der Waals surface area contributed by atoms with E-state index in [9.17, 15) is 9.59 Å². The third-order valence-electron chi connectivity index (χ3n) is 4.97. The fourth-order valence-electron chi connectivity index (χ4n) is 3.38. The summed E-state index contributed by atoms with van der Waals surface area (Å²) in [5.41, 5.74) is 1.52. The molecule has 1 atom stereocenters. The maximum atomic E-state index is 12.5. The van der Waals surface area contributed by atoms with E-state index in [1.807, 2.05) is 36.4 Å². The molecule has 1 saturated heterocycles. The maximum Gasteiger partial charge on any atom is 0.321 e. The van der Waals surface area contributed by atoms with Gasteiger partial charge in [-0.05, 0) is 37.1 Å². The van der Waals surface area contributed by atoms with Gasteiger partial charge in [0.05, 0.1) is 9.21 Å². The number of piperidine rings is 1. The SMILES string of the molecule is O=C(NC1CCN(C(=O)Nc2ccccc2)CC1)C1CC(c2ccc(Cl)s2)=NO1. The Hall–Kier alpha value is -2.58. The van der Waals surface area contributed by atoms with Crippen LogP contribution in [0.1, 0.15) is 24.1 Å². The molecule has 0 bridgehead atoms. The van der Waals surface area contributed by atoms with Crippen LogP contribution in [0.4, 0.5) is 10.5 Å². The standard InChI is InChI=1S/C20H21ClN4O3S/c21-18-7-6-17(29-18)15-12-16(28-24-15)19(26)22-14-8-10-25(11-9-14)20(27)23-13-4-2-1-3-5-13/h1-7,14,16H,8-12H2,(H,22,26)(H,23,27). The average Bonchev–Trinajstić information content (AvgIpc) is 3.38. The molecule has 7 nitrogen and oxygen atoms in total. The molecule has 0 saturated carbocycles. The van der Waals surface area contributed by atoms with Crippen molar-refractivity contribution in [2.75, 3.05) is 18.4 Å². The molecule has 0 radical (unpaired) electrons. The van der Waals surface area contributed by atoms with E-state index in [0.29, 0.717) is 36.7 Å². The van der Waals surface area contributed by atoms with Gasteiger partial charge >= 0.3 is 6.03 Å². The lowest BCUT2D eigenvalue weighted by Crippen LogP contribution is -2.49. The highest BCUT2D eigenvalue weighted by molar-refractivity contribution is 7.18. The van der Waals surface area contributed by atoms with Crippen LogP contribution in [0.5, 0.6) is 0 Å². The molecule has 2 aromatic rings. The Morgan fingerprint density at radius 1 is 1.14 bits per heavy atom. The van der Waals surface area contributed by atoms with Crippen LogP contribution in [0.2, 0.25) is 4.34 Å². The second-order valence-corrected chi connectivity index (χ2v) is 8.72. The summed E-state index contributed by atoms with van der Waals surface area (Å²) in [4.78, 5) is 32.9. The first-order valence-corrected chi connectivity index (χ1v) is 10.7. The van der Waals surface area contributed by atoms with E-state index in [1.165, 1.54) is 11.3 Å². The molecule has 1 fully saturated rings. The summed E-state index contributed by atoms with van der Waals surface area (Å²) in [7, 11) is 0. The second-order valence-electron chi connectivity index (χ2n) is 7.01. The lowest BCUT2D eigenvalue weighted by Gasteiger charge is -2.32. The molecule has 3 amide bonds. The number of urea groups is 1. The van der Waals surface area contributed by atoms with Crippen molar-refractivity contribution >= 4 is 46.3 Å². The largest absolute Gasteiger partial charge is 0.382 e. The van der Waals surface area contributed by atoms with Gasteiger partial charge in [-0.2, -0.15) is 0 Å². The predicted molar refractivity (Wildman–Crippen MR) is 114 cm³/mol. The van der Waals surface area contributed by atoms with E-state index in [1.54, 1.807) is 11.0 Å². The van der Waals surface area contributed by atoms with Crippen LogP contribution in [-0.4, -0.2) is 47.8 Å². The average molecular weight is 433 g/mol. The van der Waals surface area contributed by atoms with Crippen molar-refractivity contribution in [2.45, 2.75) is 31.4 Å². The summed E-state index contributed by atoms with van der Waals surface area (Å²) in [6, 6.07) is 13.0. The van der Waals surface area contributed by atoms with Crippen molar-refractivity contribution in [3.8, 4) is 0 Å². The molecular formula is C20H21ClN4O3S. The number of para-hydroxylation sites is 1. The van der Waals surface area contributed by atoms with Gasteiger partial charge in [0.2, 0.25) is 6.10 Å². The Kier molecular flexibility index (Phi) is 6.01. The van der Waals surface area contributed by atoms with Gasteiger partial charge in [-0.1, -0.05) is 35.0 Å². The Balaban J connectivity index is 1.22. The zero-order valence-corrected chi connectivity index (χ0v) is 17.2. The first-order valence-electron chi connectivity index (χ1n) is 9.48. The molecule has 0 spiro atoms. The van der Waals surface area contributed by atoms with Gasteiger partial charge in [0.25, 0.3) is 5.91 Å². The number of carbonyl (C=O) groups is 2. The molecule has 2 N–H and O–H groups in total. The number of halogens is 1. The van der Waals surface area contributed by atoms with Crippen molar-refractivity contribution in [1.82, 2.24) is 10.2 Å². The smallest absolute Gasteiger partial charge is 0.321 e.